The average Bonchev–Trinajstić information content (AvgIpc) is 3.70. The summed E-state index contributed by atoms with van der Waals surface area (Å²) in [5, 5.41) is 0. The predicted molar refractivity (Wildman–Crippen MR) is 136 cm³/mol. The van der Waals surface area contributed by atoms with Crippen LogP contribution in [-0.4, -0.2) is 42.7 Å². The summed E-state index contributed by atoms with van der Waals surface area (Å²) in [6.07, 6.45) is 5.95. The number of halogens is 2. The molecule has 0 unspecified atom stereocenters. The second-order valence-electron chi connectivity index (χ2n) is 9.75. The summed E-state index contributed by atoms with van der Waals surface area (Å²) in [7, 11) is 3.21. The van der Waals surface area contributed by atoms with E-state index in [2.05, 4.69) is 19.9 Å². The van der Waals surface area contributed by atoms with Crippen LogP contribution in [0.3, 0.4) is 0 Å². The van der Waals surface area contributed by atoms with Gasteiger partial charge in [-0.05, 0) is 18.4 Å². The standard InChI is InChI=1S/C27H25F2N7O3/c1-27(28,29)19-12-35(2)23(33-19)17-6-4-15(5-7-17)11-36-24-18(13-39-26(36)37)10-30-22(34-24)20-21(16-8-9-16)31-14-32-25(20)38-3/h4-7,10,12,14,16H,8-9,11,13H2,1-3H3. The van der Waals surface area contributed by atoms with Crippen molar-refractivity contribution in [2.24, 2.45) is 7.05 Å². The first kappa shape index (κ1) is 24.8. The molecule has 2 aliphatic rings. The third kappa shape index (κ3) is 4.66. The maximum atomic E-state index is 13.7. The van der Waals surface area contributed by atoms with Gasteiger partial charge in [-0.1, -0.05) is 24.3 Å². The van der Waals surface area contributed by atoms with Crippen LogP contribution in [-0.2, 0) is 30.9 Å². The minimum absolute atomic E-state index is 0.0609. The highest BCUT2D eigenvalue weighted by Crippen LogP contribution is 2.45. The van der Waals surface area contributed by atoms with Crippen molar-refractivity contribution in [3.63, 3.8) is 0 Å². The zero-order chi connectivity index (χ0) is 27.3. The van der Waals surface area contributed by atoms with Crippen molar-refractivity contribution in [1.82, 2.24) is 29.5 Å². The van der Waals surface area contributed by atoms with Gasteiger partial charge in [-0.3, -0.25) is 4.90 Å². The van der Waals surface area contributed by atoms with Crippen LogP contribution in [0.2, 0.25) is 0 Å². The third-order valence-electron chi connectivity index (χ3n) is 6.77. The second-order valence-corrected chi connectivity index (χ2v) is 9.75. The minimum Gasteiger partial charge on any atom is -0.480 e. The molecule has 0 spiro atoms. The summed E-state index contributed by atoms with van der Waals surface area (Å²) in [5.74, 6) is -1.12. The third-order valence-corrected chi connectivity index (χ3v) is 6.77. The molecule has 1 saturated carbocycles. The summed E-state index contributed by atoms with van der Waals surface area (Å²) in [4.78, 5) is 36.4. The van der Waals surface area contributed by atoms with Gasteiger partial charge in [0.25, 0.3) is 5.92 Å². The SMILES string of the molecule is COc1ncnc(C2CC2)c1-c1ncc2c(n1)N(Cc1ccc(-c3nc(C(C)(F)F)cn3C)cc1)C(=O)OC2. The lowest BCUT2D eigenvalue weighted by Gasteiger charge is -2.28. The number of hydrogen-bond acceptors (Lipinski definition) is 8. The molecule has 4 aromatic rings. The Kier molecular flexibility index (Phi) is 5.96. The van der Waals surface area contributed by atoms with Gasteiger partial charge in [0.05, 0.1) is 24.9 Å². The van der Waals surface area contributed by atoms with E-state index in [0.717, 1.165) is 31.0 Å². The Morgan fingerprint density at radius 1 is 1.13 bits per heavy atom. The van der Waals surface area contributed by atoms with Gasteiger partial charge in [0.1, 0.15) is 35.8 Å². The summed E-state index contributed by atoms with van der Waals surface area (Å²) in [6, 6.07) is 7.20. The lowest BCUT2D eigenvalue weighted by atomic mass is 10.1. The topological polar surface area (TPSA) is 108 Å². The van der Waals surface area contributed by atoms with Gasteiger partial charge in [-0.2, -0.15) is 8.78 Å². The van der Waals surface area contributed by atoms with Crippen LogP contribution >= 0.6 is 0 Å². The van der Waals surface area contributed by atoms with Gasteiger partial charge in [-0.15, -0.1) is 0 Å². The molecule has 1 aromatic carbocycles. The predicted octanol–water partition coefficient (Wildman–Crippen LogP) is 4.99. The van der Waals surface area contributed by atoms with Crippen LogP contribution in [0.1, 0.15) is 48.2 Å². The van der Waals surface area contributed by atoms with E-state index >= 15 is 0 Å². The molecule has 39 heavy (non-hydrogen) atoms. The maximum absolute atomic E-state index is 13.7. The van der Waals surface area contributed by atoms with Crippen molar-refractivity contribution in [3.05, 3.63) is 65.5 Å². The van der Waals surface area contributed by atoms with Crippen molar-refractivity contribution in [2.45, 2.75) is 44.8 Å². The van der Waals surface area contributed by atoms with E-state index in [1.807, 2.05) is 12.1 Å². The number of fused-ring (bicyclic) bond motifs is 1. The highest BCUT2D eigenvalue weighted by Gasteiger charge is 2.34. The molecule has 1 aliphatic heterocycles. The molecule has 0 saturated heterocycles. The largest absolute Gasteiger partial charge is 0.480 e. The number of ether oxygens (including phenoxy) is 2. The molecule has 200 valence electrons. The van der Waals surface area contributed by atoms with E-state index in [9.17, 15) is 13.6 Å². The number of nitrogens with zero attached hydrogens (tertiary/aromatic N) is 7. The van der Waals surface area contributed by atoms with Gasteiger partial charge >= 0.3 is 6.09 Å². The van der Waals surface area contributed by atoms with Crippen LogP contribution in [0, 0.1) is 0 Å². The molecule has 0 radical (unpaired) electrons. The molecular weight excluding hydrogens is 508 g/mol. The molecule has 0 bridgehead atoms. The van der Waals surface area contributed by atoms with Gasteiger partial charge < -0.3 is 14.0 Å². The summed E-state index contributed by atoms with van der Waals surface area (Å²) in [5.41, 5.74) is 3.29. The van der Waals surface area contributed by atoms with Crippen LogP contribution in [0.4, 0.5) is 19.4 Å². The molecule has 10 nitrogen and oxygen atoms in total. The lowest BCUT2D eigenvalue weighted by Crippen LogP contribution is -2.36. The average molecular weight is 534 g/mol. The van der Waals surface area contributed by atoms with E-state index in [0.29, 0.717) is 46.0 Å². The van der Waals surface area contributed by atoms with E-state index in [-0.39, 0.29) is 18.8 Å². The van der Waals surface area contributed by atoms with Crippen LogP contribution in [0.15, 0.2) is 43.0 Å². The van der Waals surface area contributed by atoms with E-state index in [1.165, 1.54) is 24.5 Å². The number of alkyl halides is 2. The lowest BCUT2D eigenvalue weighted by molar-refractivity contribution is 0.0131. The molecule has 3 aromatic heterocycles. The van der Waals surface area contributed by atoms with Gasteiger partial charge in [-0.25, -0.2) is 29.7 Å². The van der Waals surface area contributed by atoms with Crippen molar-refractivity contribution >= 4 is 11.9 Å². The Balaban J connectivity index is 1.31. The molecule has 0 N–H and O–H groups in total. The first-order valence-corrected chi connectivity index (χ1v) is 12.4. The fourth-order valence-corrected chi connectivity index (χ4v) is 4.60. The molecule has 4 heterocycles. The molecule has 6 rings (SSSR count). The Bertz CT molecular complexity index is 1560. The van der Waals surface area contributed by atoms with Crippen molar-refractivity contribution in [1.29, 1.82) is 0 Å². The maximum Gasteiger partial charge on any atom is 0.416 e. The molecule has 1 aliphatic carbocycles. The number of hydrogen-bond donors (Lipinski definition) is 0. The summed E-state index contributed by atoms with van der Waals surface area (Å²) >= 11 is 0. The van der Waals surface area contributed by atoms with Gasteiger partial charge in [0.15, 0.2) is 5.82 Å². The number of benzene rings is 1. The quantitative estimate of drug-likeness (QED) is 0.327. The first-order chi connectivity index (χ1) is 18.7. The number of imidazole rings is 1. The number of cyclic esters (lactones) is 1. The molecular formula is C27H25F2N7O3. The van der Waals surface area contributed by atoms with Crippen LogP contribution in [0.5, 0.6) is 5.88 Å². The monoisotopic (exact) mass is 533 g/mol. The van der Waals surface area contributed by atoms with Crippen molar-refractivity contribution in [3.8, 4) is 28.7 Å². The Hall–Kier alpha value is -4.48. The molecule has 12 heteroatoms. The summed E-state index contributed by atoms with van der Waals surface area (Å²) in [6.45, 7) is 1.06. The number of anilines is 1. The molecule has 1 fully saturated rings. The first-order valence-electron chi connectivity index (χ1n) is 12.4. The minimum atomic E-state index is -3.03. The van der Waals surface area contributed by atoms with E-state index in [1.54, 1.807) is 29.9 Å². The van der Waals surface area contributed by atoms with Crippen LogP contribution in [0.25, 0.3) is 22.8 Å². The Morgan fingerprint density at radius 3 is 2.56 bits per heavy atom. The fourth-order valence-electron chi connectivity index (χ4n) is 4.60. The number of aryl methyl sites for hydroxylation is 1. The number of carbonyl (C=O) groups is 1. The van der Waals surface area contributed by atoms with Gasteiger partial charge in [0, 0.05) is 37.8 Å². The number of carbonyl (C=O) groups excluding carboxylic acids is 1. The van der Waals surface area contributed by atoms with Crippen LogP contribution < -0.4 is 9.64 Å². The molecule has 1 amide bonds. The zero-order valence-corrected chi connectivity index (χ0v) is 21.6. The van der Waals surface area contributed by atoms with Crippen molar-refractivity contribution < 1.29 is 23.0 Å². The van der Waals surface area contributed by atoms with Crippen molar-refractivity contribution in [2.75, 3.05) is 12.0 Å². The highest BCUT2D eigenvalue weighted by molar-refractivity contribution is 5.89. The number of methoxy groups -OCH3 is 1. The number of aromatic nitrogens is 6. The molecule has 0 atom stereocenters. The number of amides is 1. The fraction of sp³-hybridized carbons (Fsp3) is 0.333. The number of rotatable bonds is 7. The van der Waals surface area contributed by atoms with E-state index in [4.69, 9.17) is 14.5 Å². The smallest absolute Gasteiger partial charge is 0.416 e. The zero-order valence-electron chi connectivity index (χ0n) is 21.6. The van der Waals surface area contributed by atoms with E-state index < -0.39 is 12.0 Å². The second kappa shape index (κ2) is 9.37. The summed E-state index contributed by atoms with van der Waals surface area (Å²) < 4.78 is 39.9. The Morgan fingerprint density at radius 2 is 1.90 bits per heavy atom. The van der Waals surface area contributed by atoms with Gasteiger partial charge in [0.2, 0.25) is 5.88 Å². The Labute approximate surface area is 222 Å². The highest BCUT2D eigenvalue weighted by atomic mass is 19.3. The normalized spacial score (nSPS) is 15.2.